The molecule has 1 nitrogen and oxygen atoms in total. The van der Waals surface area contributed by atoms with Crippen molar-refractivity contribution in [3.05, 3.63) is 46.7 Å². The lowest BCUT2D eigenvalue weighted by atomic mass is 10.2. The number of thiophene rings is 1. The highest BCUT2D eigenvalue weighted by molar-refractivity contribution is 7.99. The minimum absolute atomic E-state index is 0.369. The smallest absolute Gasteiger partial charge is 0.0578 e. The Hall–Kier alpha value is -0.930. The number of nitrogens with one attached hydrogen (secondary N) is 1. The molecule has 1 N–H and O–H groups in total. The van der Waals surface area contributed by atoms with Crippen LogP contribution in [0.25, 0.3) is 0 Å². The van der Waals surface area contributed by atoms with Crippen LogP contribution < -0.4 is 5.32 Å². The fourth-order valence-electron chi connectivity index (χ4n) is 1.71. The number of hydrogen-bond acceptors (Lipinski definition) is 3. The Morgan fingerprint density at radius 3 is 2.76 bits per heavy atom. The molecule has 0 radical (unpaired) electrons. The lowest BCUT2D eigenvalue weighted by molar-refractivity contribution is 0.902. The van der Waals surface area contributed by atoms with Gasteiger partial charge in [-0.2, -0.15) is 0 Å². The molecule has 0 fully saturated rings. The second-order valence-electron chi connectivity index (χ2n) is 3.81. The van der Waals surface area contributed by atoms with Gasteiger partial charge in [-0.3, -0.25) is 0 Å². The summed E-state index contributed by atoms with van der Waals surface area (Å²) in [6, 6.07) is 13.2. The van der Waals surface area contributed by atoms with Crippen molar-refractivity contribution in [2.45, 2.75) is 24.8 Å². The van der Waals surface area contributed by atoms with Crippen molar-refractivity contribution in [1.29, 1.82) is 0 Å². The third-order valence-electron chi connectivity index (χ3n) is 2.53. The van der Waals surface area contributed by atoms with Crippen LogP contribution in [0.2, 0.25) is 0 Å². The number of benzene rings is 1. The molecule has 0 bridgehead atoms. The third-order valence-corrected chi connectivity index (χ3v) is 4.54. The Morgan fingerprint density at radius 2 is 2.06 bits per heavy atom. The van der Waals surface area contributed by atoms with Crippen molar-refractivity contribution in [1.82, 2.24) is 0 Å². The van der Waals surface area contributed by atoms with E-state index in [9.17, 15) is 0 Å². The first kappa shape index (κ1) is 12.5. The molecule has 1 unspecified atom stereocenters. The molecule has 2 aromatic rings. The Balaban J connectivity index is 2.12. The zero-order valence-corrected chi connectivity index (χ0v) is 11.8. The Morgan fingerprint density at radius 1 is 1.24 bits per heavy atom. The second-order valence-corrected chi connectivity index (χ2v) is 6.10. The zero-order chi connectivity index (χ0) is 12.1. The number of rotatable bonds is 5. The summed E-state index contributed by atoms with van der Waals surface area (Å²) in [5.41, 5.74) is 1.24. The number of anilines is 1. The second kappa shape index (κ2) is 6.12. The first-order chi connectivity index (χ1) is 8.31. The first-order valence-electron chi connectivity index (χ1n) is 5.83. The molecule has 0 aliphatic carbocycles. The van der Waals surface area contributed by atoms with E-state index in [1.54, 1.807) is 11.3 Å². The van der Waals surface area contributed by atoms with Crippen LogP contribution in [0.3, 0.4) is 0 Å². The van der Waals surface area contributed by atoms with Gasteiger partial charge in [0.2, 0.25) is 0 Å². The number of para-hydroxylation sites is 1. The monoisotopic (exact) mass is 263 g/mol. The highest BCUT2D eigenvalue weighted by Gasteiger charge is 2.08. The molecule has 1 aromatic heterocycles. The summed E-state index contributed by atoms with van der Waals surface area (Å²) in [6.45, 7) is 4.39. The van der Waals surface area contributed by atoms with Gasteiger partial charge in [0.05, 0.1) is 6.04 Å². The van der Waals surface area contributed by atoms with Crippen LogP contribution in [0.4, 0.5) is 5.69 Å². The minimum Gasteiger partial charge on any atom is -0.377 e. The van der Waals surface area contributed by atoms with Gasteiger partial charge >= 0.3 is 0 Å². The topological polar surface area (TPSA) is 12.0 Å². The summed E-state index contributed by atoms with van der Waals surface area (Å²) < 4.78 is 0. The van der Waals surface area contributed by atoms with Gasteiger partial charge in [-0.25, -0.2) is 0 Å². The molecular formula is C14H17NS2. The first-order valence-corrected chi connectivity index (χ1v) is 7.69. The van der Waals surface area contributed by atoms with E-state index in [2.05, 4.69) is 60.9 Å². The average molecular weight is 263 g/mol. The quantitative estimate of drug-likeness (QED) is 0.759. The molecular weight excluding hydrogens is 246 g/mol. The molecule has 1 heterocycles. The van der Waals surface area contributed by atoms with Gasteiger partial charge in [0, 0.05) is 15.5 Å². The summed E-state index contributed by atoms with van der Waals surface area (Å²) in [7, 11) is 0. The lowest BCUT2D eigenvalue weighted by Crippen LogP contribution is -2.05. The molecule has 3 heteroatoms. The fraction of sp³-hybridized carbons (Fsp3) is 0.286. The molecule has 1 aromatic carbocycles. The van der Waals surface area contributed by atoms with Gasteiger partial charge in [-0.05, 0) is 36.3 Å². The van der Waals surface area contributed by atoms with E-state index >= 15 is 0 Å². The zero-order valence-electron chi connectivity index (χ0n) is 10.1. The van der Waals surface area contributed by atoms with Crippen molar-refractivity contribution >= 4 is 28.8 Å². The Bertz CT molecular complexity index is 451. The maximum absolute atomic E-state index is 3.59. The SMILES string of the molecule is CCSc1ccccc1NC(C)c1cccs1. The summed E-state index contributed by atoms with van der Waals surface area (Å²) in [5.74, 6) is 1.10. The third kappa shape index (κ3) is 3.27. The molecule has 17 heavy (non-hydrogen) atoms. The molecule has 0 saturated carbocycles. The van der Waals surface area contributed by atoms with Crippen LogP contribution in [0.15, 0.2) is 46.7 Å². The van der Waals surface area contributed by atoms with Gasteiger partial charge in [0.1, 0.15) is 0 Å². The van der Waals surface area contributed by atoms with Crippen molar-refractivity contribution in [3.8, 4) is 0 Å². The standard InChI is InChI=1S/C14H17NS2/c1-3-16-14-8-5-4-7-12(14)15-11(2)13-9-6-10-17-13/h4-11,15H,3H2,1-2H3. The van der Waals surface area contributed by atoms with Crippen molar-refractivity contribution in [2.75, 3.05) is 11.1 Å². The maximum Gasteiger partial charge on any atom is 0.0578 e. The highest BCUT2D eigenvalue weighted by Crippen LogP contribution is 2.30. The lowest BCUT2D eigenvalue weighted by Gasteiger charge is -2.16. The van der Waals surface area contributed by atoms with Crippen molar-refractivity contribution in [2.24, 2.45) is 0 Å². The van der Waals surface area contributed by atoms with Crippen LogP contribution in [-0.4, -0.2) is 5.75 Å². The summed E-state index contributed by atoms with van der Waals surface area (Å²) in [4.78, 5) is 2.71. The van der Waals surface area contributed by atoms with Gasteiger partial charge in [0.15, 0.2) is 0 Å². The summed E-state index contributed by atoms with van der Waals surface area (Å²) in [5, 5.41) is 5.71. The molecule has 0 saturated heterocycles. The van der Waals surface area contributed by atoms with Crippen molar-refractivity contribution < 1.29 is 0 Å². The van der Waals surface area contributed by atoms with E-state index in [0.717, 1.165) is 5.75 Å². The van der Waals surface area contributed by atoms with Gasteiger partial charge in [-0.1, -0.05) is 25.1 Å². The van der Waals surface area contributed by atoms with Crippen LogP contribution in [0, 0.1) is 0 Å². The molecule has 0 aliphatic heterocycles. The van der Waals surface area contributed by atoms with Crippen molar-refractivity contribution in [3.63, 3.8) is 0 Å². The average Bonchev–Trinajstić information content (AvgIpc) is 2.85. The van der Waals surface area contributed by atoms with Crippen LogP contribution in [0.1, 0.15) is 24.8 Å². The van der Waals surface area contributed by atoms with E-state index in [1.807, 2.05) is 11.8 Å². The predicted octanol–water partition coefficient (Wildman–Crippen LogP) is 5.03. The van der Waals surface area contributed by atoms with E-state index < -0.39 is 0 Å². The Kier molecular flexibility index (Phi) is 4.51. The normalized spacial score (nSPS) is 12.4. The molecule has 0 aliphatic rings. The van der Waals surface area contributed by atoms with E-state index in [0.29, 0.717) is 6.04 Å². The maximum atomic E-state index is 3.59. The molecule has 1 atom stereocenters. The Labute approximate surface area is 111 Å². The molecule has 90 valence electrons. The number of hydrogen-bond donors (Lipinski definition) is 1. The summed E-state index contributed by atoms with van der Waals surface area (Å²) in [6.07, 6.45) is 0. The largest absolute Gasteiger partial charge is 0.377 e. The van der Waals surface area contributed by atoms with Crippen LogP contribution >= 0.6 is 23.1 Å². The number of thioether (sulfide) groups is 1. The van der Waals surface area contributed by atoms with Crippen LogP contribution in [0.5, 0.6) is 0 Å². The minimum atomic E-state index is 0.369. The molecule has 0 amide bonds. The molecule has 0 spiro atoms. The van der Waals surface area contributed by atoms with Crippen LogP contribution in [-0.2, 0) is 0 Å². The summed E-state index contributed by atoms with van der Waals surface area (Å²) >= 11 is 3.68. The van der Waals surface area contributed by atoms with Gasteiger partial charge in [-0.15, -0.1) is 23.1 Å². The van der Waals surface area contributed by atoms with Gasteiger partial charge in [0.25, 0.3) is 0 Å². The van der Waals surface area contributed by atoms with E-state index in [4.69, 9.17) is 0 Å². The van der Waals surface area contributed by atoms with Gasteiger partial charge < -0.3 is 5.32 Å². The predicted molar refractivity (Wildman–Crippen MR) is 79.2 cm³/mol. The molecule has 2 rings (SSSR count). The fourth-order valence-corrected chi connectivity index (χ4v) is 3.21. The van der Waals surface area contributed by atoms with E-state index in [-0.39, 0.29) is 0 Å². The highest BCUT2D eigenvalue weighted by atomic mass is 32.2. The van der Waals surface area contributed by atoms with E-state index in [1.165, 1.54) is 15.5 Å².